The van der Waals surface area contributed by atoms with E-state index in [1.807, 2.05) is 0 Å². The molecule has 0 aliphatic heterocycles. The lowest BCUT2D eigenvalue weighted by Crippen LogP contribution is -2.24. The van der Waals surface area contributed by atoms with Crippen molar-refractivity contribution in [3.05, 3.63) is 11.7 Å². The van der Waals surface area contributed by atoms with Crippen molar-refractivity contribution < 1.29 is 9.32 Å². The lowest BCUT2D eigenvalue weighted by Gasteiger charge is -1.96. The number of nitrogens with zero attached hydrogens (tertiary/aromatic N) is 2. The molecule has 0 aliphatic rings. The van der Waals surface area contributed by atoms with E-state index in [-0.39, 0.29) is 18.2 Å². The predicted molar refractivity (Wildman–Crippen MR) is 44.7 cm³/mol. The molecule has 0 aromatic carbocycles. The third-order valence-electron chi connectivity index (χ3n) is 1.16. The zero-order chi connectivity index (χ0) is 8.97. The van der Waals surface area contributed by atoms with Gasteiger partial charge in [-0.2, -0.15) is 17.6 Å². The molecular formula is C6H9N3O2S. The van der Waals surface area contributed by atoms with Crippen molar-refractivity contribution in [2.45, 2.75) is 13.5 Å². The fourth-order valence-corrected chi connectivity index (χ4v) is 0.758. The molecular weight excluding hydrogens is 178 g/mol. The van der Waals surface area contributed by atoms with Crippen LogP contribution >= 0.6 is 12.6 Å². The zero-order valence-corrected chi connectivity index (χ0v) is 7.47. The number of carbonyl (C=O) groups excluding carboxylic acids is 1. The highest BCUT2D eigenvalue weighted by Gasteiger charge is 2.03. The number of nitrogens with one attached hydrogen (secondary N) is 1. The van der Waals surface area contributed by atoms with Gasteiger partial charge >= 0.3 is 0 Å². The van der Waals surface area contributed by atoms with Crippen LogP contribution in [0.25, 0.3) is 0 Å². The van der Waals surface area contributed by atoms with Crippen molar-refractivity contribution in [3.8, 4) is 0 Å². The van der Waals surface area contributed by atoms with E-state index in [0.29, 0.717) is 11.7 Å². The second kappa shape index (κ2) is 4.10. The topological polar surface area (TPSA) is 68.0 Å². The van der Waals surface area contributed by atoms with Crippen LogP contribution in [0.2, 0.25) is 0 Å². The molecule has 0 saturated carbocycles. The van der Waals surface area contributed by atoms with Crippen molar-refractivity contribution in [1.29, 1.82) is 0 Å². The molecule has 1 N–H and O–H groups in total. The van der Waals surface area contributed by atoms with Gasteiger partial charge in [0.1, 0.15) is 0 Å². The first-order valence-corrected chi connectivity index (χ1v) is 4.02. The zero-order valence-electron chi connectivity index (χ0n) is 6.57. The normalized spacial score (nSPS) is 9.83. The Morgan fingerprint density at radius 1 is 1.75 bits per heavy atom. The number of thiol groups is 1. The summed E-state index contributed by atoms with van der Waals surface area (Å²) < 4.78 is 4.70. The Hall–Kier alpha value is -1.04. The quantitative estimate of drug-likeness (QED) is 0.650. The summed E-state index contributed by atoms with van der Waals surface area (Å²) in [5, 5.41) is 6.16. The van der Waals surface area contributed by atoms with Gasteiger partial charge in [0.15, 0.2) is 5.82 Å². The van der Waals surface area contributed by atoms with E-state index in [2.05, 4.69) is 28.1 Å². The fraction of sp³-hybridized carbons (Fsp3) is 0.500. The van der Waals surface area contributed by atoms with Crippen LogP contribution in [0.3, 0.4) is 0 Å². The standard InChI is InChI=1S/C6H9N3O2S/c1-4-8-5(9-11-4)2-7-6(10)3-12/h12H,2-3H2,1H3,(H,7,10). The number of hydrogen-bond acceptors (Lipinski definition) is 5. The van der Waals surface area contributed by atoms with E-state index in [1.54, 1.807) is 6.92 Å². The second-order valence-corrected chi connectivity index (χ2v) is 2.48. The van der Waals surface area contributed by atoms with Crippen LogP contribution in [-0.4, -0.2) is 21.8 Å². The van der Waals surface area contributed by atoms with Gasteiger partial charge in [0.05, 0.1) is 12.3 Å². The number of hydrogen-bond donors (Lipinski definition) is 2. The summed E-state index contributed by atoms with van der Waals surface area (Å²) in [6, 6.07) is 0. The summed E-state index contributed by atoms with van der Waals surface area (Å²) in [5.41, 5.74) is 0. The smallest absolute Gasteiger partial charge is 0.230 e. The Bertz CT molecular complexity index is 274. The Labute approximate surface area is 74.9 Å². The first kappa shape index (κ1) is 9.05. The van der Waals surface area contributed by atoms with Gasteiger partial charge < -0.3 is 9.84 Å². The van der Waals surface area contributed by atoms with Crippen molar-refractivity contribution in [1.82, 2.24) is 15.5 Å². The molecule has 1 aromatic rings. The summed E-state index contributed by atoms with van der Waals surface area (Å²) in [5.74, 6) is 0.977. The molecule has 0 fully saturated rings. The summed E-state index contributed by atoms with van der Waals surface area (Å²) in [6.07, 6.45) is 0. The SMILES string of the molecule is Cc1nc(CNC(=O)CS)no1. The lowest BCUT2D eigenvalue weighted by molar-refractivity contribution is -0.118. The highest BCUT2D eigenvalue weighted by Crippen LogP contribution is 1.93. The number of rotatable bonds is 3. The van der Waals surface area contributed by atoms with E-state index in [1.165, 1.54) is 0 Å². The third kappa shape index (κ3) is 2.54. The molecule has 0 saturated heterocycles. The summed E-state index contributed by atoms with van der Waals surface area (Å²) in [6.45, 7) is 1.98. The van der Waals surface area contributed by atoms with Crippen LogP contribution in [0.1, 0.15) is 11.7 Å². The summed E-state index contributed by atoms with van der Waals surface area (Å²) in [7, 11) is 0. The average Bonchev–Trinajstić information content (AvgIpc) is 2.47. The summed E-state index contributed by atoms with van der Waals surface area (Å²) >= 11 is 3.79. The van der Waals surface area contributed by atoms with Crippen LogP contribution in [0.5, 0.6) is 0 Å². The van der Waals surface area contributed by atoms with Gasteiger partial charge in [-0.1, -0.05) is 5.16 Å². The lowest BCUT2D eigenvalue weighted by atomic mass is 10.5. The molecule has 0 atom stereocenters. The van der Waals surface area contributed by atoms with E-state index in [4.69, 9.17) is 4.52 Å². The second-order valence-electron chi connectivity index (χ2n) is 2.16. The van der Waals surface area contributed by atoms with Crippen LogP contribution in [0, 0.1) is 6.92 Å². The Balaban J connectivity index is 2.38. The molecule has 1 amide bonds. The van der Waals surface area contributed by atoms with Crippen molar-refractivity contribution >= 4 is 18.5 Å². The molecule has 0 bridgehead atoms. The highest BCUT2D eigenvalue weighted by atomic mass is 32.1. The van der Waals surface area contributed by atoms with Crippen molar-refractivity contribution in [2.24, 2.45) is 0 Å². The minimum absolute atomic E-state index is 0.152. The van der Waals surface area contributed by atoms with Gasteiger partial charge in [-0.3, -0.25) is 4.79 Å². The van der Waals surface area contributed by atoms with Crippen molar-refractivity contribution in [2.75, 3.05) is 5.75 Å². The number of carbonyl (C=O) groups is 1. The molecule has 0 radical (unpaired) electrons. The fourth-order valence-electron chi connectivity index (χ4n) is 0.647. The maximum absolute atomic E-state index is 10.7. The van der Waals surface area contributed by atoms with Crippen LogP contribution < -0.4 is 5.32 Å². The average molecular weight is 187 g/mol. The molecule has 0 aliphatic carbocycles. The van der Waals surface area contributed by atoms with E-state index in [9.17, 15) is 4.79 Å². The van der Waals surface area contributed by atoms with Gasteiger partial charge in [-0.15, -0.1) is 0 Å². The number of aryl methyl sites for hydroxylation is 1. The van der Waals surface area contributed by atoms with Gasteiger partial charge in [-0.25, -0.2) is 0 Å². The molecule has 6 heteroatoms. The molecule has 1 heterocycles. The van der Waals surface area contributed by atoms with Crippen LogP contribution in [-0.2, 0) is 11.3 Å². The molecule has 1 aromatic heterocycles. The van der Waals surface area contributed by atoms with Gasteiger partial charge in [0, 0.05) is 6.92 Å². The predicted octanol–water partition coefficient (Wildman–Crippen LogP) is -0.0760. The van der Waals surface area contributed by atoms with E-state index < -0.39 is 0 Å². The Morgan fingerprint density at radius 2 is 2.50 bits per heavy atom. The maximum atomic E-state index is 10.7. The molecule has 66 valence electrons. The summed E-state index contributed by atoms with van der Waals surface area (Å²) in [4.78, 5) is 14.6. The number of aromatic nitrogens is 2. The Kier molecular flexibility index (Phi) is 3.09. The first-order chi connectivity index (χ1) is 5.72. The molecule has 1 rings (SSSR count). The maximum Gasteiger partial charge on any atom is 0.230 e. The van der Waals surface area contributed by atoms with E-state index >= 15 is 0 Å². The third-order valence-corrected chi connectivity index (χ3v) is 1.44. The van der Waals surface area contributed by atoms with Crippen molar-refractivity contribution in [3.63, 3.8) is 0 Å². The monoisotopic (exact) mass is 187 g/mol. The van der Waals surface area contributed by atoms with Gasteiger partial charge in [0.2, 0.25) is 11.8 Å². The van der Waals surface area contributed by atoms with Crippen LogP contribution in [0.15, 0.2) is 4.52 Å². The number of amides is 1. The van der Waals surface area contributed by atoms with Gasteiger partial charge in [0.25, 0.3) is 0 Å². The molecule has 0 unspecified atom stereocenters. The minimum Gasteiger partial charge on any atom is -0.348 e. The molecule has 5 nitrogen and oxygen atoms in total. The highest BCUT2D eigenvalue weighted by molar-refractivity contribution is 7.81. The first-order valence-electron chi connectivity index (χ1n) is 3.39. The molecule has 12 heavy (non-hydrogen) atoms. The largest absolute Gasteiger partial charge is 0.348 e. The molecule has 0 spiro atoms. The van der Waals surface area contributed by atoms with E-state index in [0.717, 1.165) is 0 Å². The Morgan fingerprint density at radius 3 is 3.00 bits per heavy atom. The van der Waals surface area contributed by atoms with Gasteiger partial charge in [-0.05, 0) is 0 Å². The minimum atomic E-state index is -0.152. The van der Waals surface area contributed by atoms with Crippen LogP contribution in [0.4, 0.5) is 0 Å².